The van der Waals surface area contributed by atoms with Gasteiger partial charge in [0, 0.05) is 31.4 Å². The number of allylic oxidation sites excluding steroid dienone is 1. The van der Waals surface area contributed by atoms with E-state index in [4.69, 9.17) is 0 Å². The summed E-state index contributed by atoms with van der Waals surface area (Å²) >= 11 is 0. The van der Waals surface area contributed by atoms with Gasteiger partial charge in [-0.05, 0) is 24.8 Å². The number of hydrogen-bond donors (Lipinski definition) is 0. The summed E-state index contributed by atoms with van der Waals surface area (Å²) in [4.78, 5) is 14.2. The van der Waals surface area contributed by atoms with Gasteiger partial charge in [-0.1, -0.05) is 24.3 Å². The molecule has 0 aromatic heterocycles. The molecule has 0 fully saturated rings. The lowest BCUT2D eigenvalue weighted by Crippen LogP contribution is -2.09. The summed E-state index contributed by atoms with van der Waals surface area (Å²) in [6.07, 6.45) is 4.89. The Morgan fingerprint density at radius 2 is 1.94 bits per heavy atom. The van der Waals surface area contributed by atoms with Crippen LogP contribution in [0.25, 0.3) is 0 Å². The molecule has 16 heavy (non-hydrogen) atoms. The molecule has 0 N–H and O–H groups in total. The molecule has 0 bridgehead atoms. The largest absolute Gasteiger partial charge is 0.383 e. The molecule has 0 saturated heterocycles. The van der Waals surface area contributed by atoms with Gasteiger partial charge in [-0.15, -0.1) is 0 Å². The second-order valence-corrected chi connectivity index (χ2v) is 4.46. The Bertz CT molecular complexity index is 432. The van der Waals surface area contributed by atoms with Crippen LogP contribution in [0, 0.1) is 0 Å². The number of nitrogens with zero attached hydrogens (tertiary/aromatic N) is 1. The van der Waals surface area contributed by atoms with Gasteiger partial charge in [0.1, 0.15) is 0 Å². The molecule has 0 aliphatic heterocycles. The highest BCUT2D eigenvalue weighted by Crippen LogP contribution is 2.24. The van der Waals surface area contributed by atoms with Gasteiger partial charge in [0.25, 0.3) is 0 Å². The molecule has 2 rings (SSSR count). The highest BCUT2D eigenvalue weighted by molar-refractivity contribution is 6.09. The van der Waals surface area contributed by atoms with E-state index < -0.39 is 0 Å². The van der Waals surface area contributed by atoms with Crippen LogP contribution < -0.4 is 0 Å². The van der Waals surface area contributed by atoms with Crippen molar-refractivity contribution in [2.45, 2.75) is 19.3 Å². The second-order valence-electron chi connectivity index (χ2n) is 4.46. The number of Topliss-reactive ketones (excluding diaryl/α,β-unsaturated/α-hetero) is 1. The molecule has 1 aliphatic rings. The monoisotopic (exact) mass is 215 g/mol. The maximum absolute atomic E-state index is 12.3. The maximum Gasteiger partial charge on any atom is 0.190 e. The second kappa shape index (κ2) is 4.52. The van der Waals surface area contributed by atoms with E-state index in [0.29, 0.717) is 0 Å². The lowest BCUT2D eigenvalue weighted by molar-refractivity contribution is 0.103. The van der Waals surface area contributed by atoms with Crippen molar-refractivity contribution >= 4 is 5.78 Å². The first-order chi connectivity index (χ1) is 7.68. The van der Waals surface area contributed by atoms with Gasteiger partial charge in [0.2, 0.25) is 0 Å². The Hall–Kier alpha value is -1.57. The average Bonchev–Trinajstić information content (AvgIpc) is 2.40. The maximum atomic E-state index is 12.3. The smallest absolute Gasteiger partial charge is 0.190 e. The normalized spacial score (nSPS) is 18.1. The Morgan fingerprint density at radius 1 is 1.19 bits per heavy atom. The van der Waals surface area contributed by atoms with Crippen LogP contribution in [0.1, 0.15) is 28.8 Å². The van der Waals surface area contributed by atoms with Crippen molar-refractivity contribution < 1.29 is 4.79 Å². The van der Waals surface area contributed by atoms with E-state index in [1.807, 2.05) is 43.4 Å². The van der Waals surface area contributed by atoms with Crippen molar-refractivity contribution in [2.75, 3.05) is 14.1 Å². The topological polar surface area (TPSA) is 20.3 Å². The Morgan fingerprint density at radius 3 is 2.69 bits per heavy atom. The summed E-state index contributed by atoms with van der Waals surface area (Å²) in [7, 11) is 3.91. The number of hydrogen-bond acceptors (Lipinski definition) is 2. The Kier molecular flexibility index (Phi) is 3.09. The molecule has 0 spiro atoms. The molecule has 1 aromatic rings. The molecule has 84 valence electrons. The van der Waals surface area contributed by atoms with Gasteiger partial charge in [0.15, 0.2) is 5.78 Å². The molecule has 0 unspecified atom stereocenters. The van der Waals surface area contributed by atoms with Crippen LogP contribution in [0.4, 0.5) is 0 Å². The lowest BCUT2D eigenvalue weighted by Gasteiger charge is -2.09. The van der Waals surface area contributed by atoms with Crippen molar-refractivity contribution in [3.05, 3.63) is 47.2 Å². The van der Waals surface area contributed by atoms with Crippen LogP contribution in [0.2, 0.25) is 0 Å². The zero-order valence-corrected chi connectivity index (χ0v) is 9.86. The van der Waals surface area contributed by atoms with E-state index in [9.17, 15) is 4.79 Å². The quantitative estimate of drug-likeness (QED) is 0.530. The molecule has 0 atom stereocenters. The molecule has 2 heteroatoms. The number of aryl methyl sites for hydroxylation is 1. The van der Waals surface area contributed by atoms with Crippen molar-refractivity contribution in [3.8, 4) is 0 Å². The zero-order valence-electron chi connectivity index (χ0n) is 9.86. The van der Waals surface area contributed by atoms with Crippen molar-refractivity contribution in [3.63, 3.8) is 0 Å². The minimum absolute atomic E-state index is 0.196. The molecular formula is C14H17NO. The van der Waals surface area contributed by atoms with Crippen LogP contribution in [0.3, 0.4) is 0 Å². The van der Waals surface area contributed by atoms with Gasteiger partial charge in [0.05, 0.1) is 0 Å². The fraction of sp³-hybridized carbons (Fsp3) is 0.357. The molecule has 1 aromatic carbocycles. The van der Waals surface area contributed by atoms with Gasteiger partial charge < -0.3 is 4.90 Å². The standard InChI is InChI=1S/C14H17NO/c1-15(2)10-12-8-5-7-11-6-3-4-9-13(11)14(12)16/h3-4,6,9-10H,5,7-8H2,1-2H3/b12-10+. The van der Waals surface area contributed by atoms with Gasteiger partial charge >= 0.3 is 0 Å². The van der Waals surface area contributed by atoms with E-state index in [1.54, 1.807) is 0 Å². The number of ketones is 1. The summed E-state index contributed by atoms with van der Waals surface area (Å²) < 4.78 is 0. The predicted molar refractivity (Wildman–Crippen MR) is 65.5 cm³/mol. The zero-order chi connectivity index (χ0) is 11.5. The summed E-state index contributed by atoms with van der Waals surface area (Å²) in [5.41, 5.74) is 3.00. The van der Waals surface area contributed by atoms with E-state index in [1.165, 1.54) is 5.56 Å². The van der Waals surface area contributed by atoms with E-state index >= 15 is 0 Å². The molecule has 0 radical (unpaired) electrons. The minimum atomic E-state index is 0.196. The first-order valence-electron chi connectivity index (χ1n) is 5.68. The molecule has 2 nitrogen and oxygen atoms in total. The summed E-state index contributed by atoms with van der Waals surface area (Å²) in [5, 5.41) is 0. The van der Waals surface area contributed by atoms with E-state index in [2.05, 4.69) is 6.07 Å². The number of carbonyl (C=O) groups excluding carboxylic acids is 1. The molecular weight excluding hydrogens is 198 g/mol. The fourth-order valence-electron chi connectivity index (χ4n) is 2.15. The van der Waals surface area contributed by atoms with Crippen molar-refractivity contribution in [2.24, 2.45) is 0 Å². The first-order valence-corrected chi connectivity index (χ1v) is 5.68. The molecule has 0 saturated carbocycles. The Balaban J connectivity index is 2.41. The summed E-state index contributed by atoms with van der Waals surface area (Å²) in [6.45, 7) is 0. The predicted octanol–water partition coefficient (Wildman–Crippen LogP) is 2.65. The van der Waals surface area contributed by atoms with Crippen LogP contribution in [0.15, 0.2) is 36.0 Å². The number of rotatable bonds is 1. The molecule has 0 heterocycles. The van der Waals surface area contributed by atoms with Gasteiger partial charge in [-0.3, -0.25) is 4.79 Å². The molecule has 0 amide bonds. The third-order valence-corrected chi connectivity index (χ3v) is 2.86. The highest BCUT2D eigenvalue weighted by Gasteiger charge is 2.19. The third-order valence-electron chi connectivity index (χ3n) is 2.86. The Labute approximate surface area is 96.6 Å². The first kappa shape index (κ1) is 10.9. The minimum Gasteiger partial charge on any atom is -0.383 e. The lowest BCUT2D eigenvalue weighted by atomic mass is 10.0. The van der Waals surface area contributed by atoms with Crippen LogP contribution in [0.5, 0.6) is 0 Å². The third kappa shape index (κ3) is 2.16. The fourth-order valence-corrected chi connectivity index (χ4v) is 2.15. The van der Waals surface area contributed by atoms with Crippen LogP contribution in [-0.2, 0) is 6.42 Å². The summed E-state index contributed by atoms with van der Waals surface area (Å²) in [6, 6.07) is 7.94. The van der Waals surface area contributed by atoms with E-state index in [-0.39, 0.29) is 5.78 Å². The van der Waals surface area contributed by atoms with Crippen molar-refractivity contribution in [1.82, 2.24) is 4.90 Å². The average molecular weight is 215 g/mol. The summed E-state index contributed by atoms with van der Waals surface area (Å²) in [5.74, 6) is 0.196. The van der Waals surface area contributed by atoms with Gasteiger partial charge in [-0.2, -0.15) is 0 Å². The van der Waals surface area contributed by atoms with Crippen molar-refractivity contribution in [1.29, 1.82) is 0 Å². The van der Waals surface area contributed by atoms with Gasteiger partial charge in [-0.25, -0.2) is 0 Å². The number of benzene rings is 1. The van der Waals surface area contributed by atoms with Crippen LogP contribution in [-0.4, -0.2) is 24.8 Å². The van der Waals surface area contributed by atoms with Crippen LogP contribution >= 0.6 is 0 Å². The van der Waals surface area contributed by atoms with E-state index in [0.717, 1.165) is 30.4 Å². The number of carbonyl (C=O) groups is 1. The highest BCUT2D eigenvalue weighted by atomic mass is 16.1. The number of fused-ring (bicyclic) bond motifs is 1. The molecule has 1 aliphatic carbocycles. The SMILES string of the molecule is CN(C)/C=C1\CCCc2ccccc2C1=O.